The van der Waals surface area contributed by atoms with Gasteiger partial charge in [0.15, 0.2) is 11.5 Å². The molecule has 1 aromatic heterocycles. The molecule has 7 nitrogen and oxygen atoms in total. The first-order valence-corrected chi connectivity index (χ1v) is 9.05. The number of aromatic nitrogens is 2. The average Bonchev–Trinajstić information content (AvgIpc) is 3.21. The van der Waals surface area contributed by atoms with E-state index in [2.05, 4.69) is 32.3 Å². The van der Waals surface area contributed by atoms with E-state index in [9.17, 15) is 4.79 Å². The topological polar surface area (TPSA) is 76.6 Å². The van der Waals surface area contributed by atoms with Crippen LogP contribution in [0.1, 0.15) is 22.8 Å². The zero-order valence-electron chi connectivity index (χ0n) is 15.5. The van der Waals surface area contributed by atoms with E-state index in [0.717, 1.165) is 6.54 Å². The van der Waals surface area contributed by atoms with Crippen molar-refractivity contribution in [3.8, 4) is 11.5 Å². The molecule has 0 radical (unpaired) electrons. The van der Waals surface area contributed by atoms with Crippen molar-refractivity contribution in [2.75, 3.05) is 23.6 Å². The third-order valence-corrected chi connectivity index (χ3v) is 4.41. The Labute approximate surface area is 163 Å². The monoisotopic (exact) mass is 376 g/mol. The summed E-state index contributed by atoms with van der Waals surface area (Å²) in [4.78, 5) is 23.3. The van der Waals surface area contributed by atoms with Crippen LogP contribution in [0, 0.1) is 0 Å². The standard InChI is InChI=1S/C21H20N4O3/c1-2-25(13-15-6-4-3-5-7-15)21-22-11-16(12-23-21)20(26)24-17-8-9-18-19(10-17)28-14-27-18/h3-12H,2,13-14H2,1H3,(H,24,26). The first-order chi connectivity index (χ1) is 13.7. The number of ether oxygens (including phenoxy) is 2. The van der Waals surface area contributed by atoms with Gasteiger partial charge in [0.05, 0.1) is 5.56 Å². The van der Waals surface area contributed by atoms with Gasteiger partial charge in [-0.15, -0.1) is 0 Å². The predicted octanol–water partition coefficient (Wildman–Crippen LogP) is 3.48. The fourth-order valence-electron chi connectivity index (χ4n) is 2.91. The second-order valence-electron chi connectivity index (χ2n) is 6.29. The van der Waals surface area contributed by atoms with Gasteiger partial charge in [-0.05, 0) is 24.6 Å². The summed E-state index contributed by atoms with van der Waals surface area (Å²) >= 11 is 0. The van der Waals surface area contributed by atoms with Crippen LogP contribution in [0.3, 0.4) is 0 Å². The normalized spacial score (nSPS) is 11.9. The first-order valence-electron chi connectivity index (χ1n) is 9.05. The van der Waals surface area contributed by atoms with Crippen molar-refractivity contribution in [2.45, 2.75) is 13.5 Å². The average molecular weight is 376 g/mol. The number of nitrogens with zero attached hydrogens (tertiary/aromatic N) is 3. The minimum Gasteiger partial charge on any atom is -0.454 e. The predicted molar refractivity (Wildman–Crippen MR) is 106 cm³/mol. The van der Waals surface area contributed by atoms with Crippen molar-refractivity contribution in [3.05, 3.63) is 72.1 Å². The molecule has 0 saturated heterocycles. The molecular weight excluding hydrogens is 356 g/mol. The van der Waals surface area contributed by atoms with Crippen LogP contribution in [0.2, 0.25) is 0 Å². The minimum absolute atomic E-state index is 0.193. The lowest BCUT2D eigenvalue weighted by Crippen LogP contribution is -2.24. The number of fused-ring (bicyclic) bond motifs is 1. The number of carbonyl (C=O) groups excluding carboxylic acids is 1. The molecule has 1 aliphatic heterocycles. The molecule has 7 heteroatoms. The summed E-state index contributed by atoms with van der Waals surface area (Å²) in [6, 6.07) is 15.4. The quantitative estimate of drug-likeness (QED) is 0.710. The Bertz CT molecular complexity index is 961. The molecule has 0 unspecified atom stereocenters. The van der Waals surface area contributed by atoms with Crippen molar-refractivity contribution < 1.29 is 14.3 Å². The van der Waals surface area contributed by atoms with E-state index in [-0.39, 0.29) is 12.7 Å². The Hall–Kier alpha value is -3.61. The third kappa shape index (κ3) is 3.88. The highest BCUT2D eigenvalue weighted by Gasteiger charge is 2.15. The van der Waals surface area contributed by atoms with Crippen molar-refractivity contribution in [3.63, 3.8) is 0 Å². The Morgan fingerprint density at radius 3 is 2.57 bits per heavy atom. The van der Waals surface area contributed by atoms with Crippen LogP contribution < -0.4 is 19.7 Å². The van der Waals surface area contributed by atoms with E-state index in [1.807, 2.05) is 25.1 Å². The third-order valence-electron chi connectivity index (χ3n) is 4.41. The minimum atomic E-state index is -0.281. The van der Waals surface area contributed by atoms with Crippen LogP contribution in [-0.4, -0.2) is 29.2 Å². The van der Waals surface area contributed by atoms with Gasteiger partial charge in [0.2, 0.25) is 12.7 Å². The van der Waals surface area contributed by atoms with E-state index in [1.165, 1.54) is 18.0 Å². The second-order valence-corrected chi connectivity index (χ2v) is 6.29. The fourth-order valence-corrected chi connectivity index (χ4v) is 2.91. The van der Waals surface area contributed by atoms with Gasteiger partial charge in [0.1, 0.15) is 0 Å². The maximum atomic E-state index is 12.5. The molecule has 0 saturated carbocycles. The van der Waals surface area contributed by atoms with Crippen LogP contribution in [0.4, 0.5) is 11.6 Å². The lowest BCUT2D eigenvalue weighted by molar-refractivity contribution is 0.102. The highest BCUT2D eigenvalue weighted by atomic mass is 16.7. The molecule has 1 amide bonds. The molecule has 0 fully saturated rings. The van der Waals surface area contributed by atoms with Gasteiger partial charge < -0.3 is 19.7 Å². The van der Waals surface area contributed by atoms with Crippen LogP contribution in [0.5, 0.6) is 11.5 Å². The molecule has 28 heavy (non-hydrogen) atoms. The van der Waals surface area contributed by atoms with E-state index < -0.39 is 0 Å². The fraction of sp³-hybridized carbons (Fsp3) is 0.190. The van der Waals surface area contributed by atoms with Crippen molar-refractivity contribution in [1.82, 2.24) is 9.97 Å². The van der Waals surface area contributed by atoms with Crippen LogP contribution in [-0.2, 0) is 6.54 Å². The molecule has 0 spiro atoms. The van der Waals surface area contributed by atoms with Crippen molar-refractivity contribution >= 4 is 17.5 Å². The van der Waals surface area contributed by atoms with Gasteiger partial charge >= 0.3 is 0 Å². The van der Waals surface area contributed by atoms with Gasteiger partial charge in [-0.2, -0.15) is 0 Å². The maximum Gasteiger partial charge on any atom is 0.258 e. The maximum absolute atomic E-state index is 12.5. The zero-order valence-corrected chi connectivity index (χ0v) is 15.5. The smallest absolute Gasteiger partial charge is 0.258 e. The number of carbonyl (C=O) groups is 1. The highest BCUT2D eigenvalue weighted by Crippen LogP contribution is 2.34. The van der Waals surface area contributed by atoms with Crippen LogP contribution >= 0.6 is 0 Å². The zero-order chi connectivity index (χ0) is 19.3. The number of benzene rings is 2. The van der Waals surface area contributed by atoms with Gasteiger partial charge in [-0.25, -0.2) is 9.97 Å². The molecule has 142 valence electrons. The summed E-state index contributed by atoms with van der Waals surface area (Å²) in [7, 11) is 0. The lowest BCUT2D eigenvalue weighted by atomic mass is 10.2. The molecular formula is C21H20N4O3. The number of hydrogen-bond acceptors (Lipinski definition) is 6. The van der Waals surface area contributed by atoms with Gasteiger partial charge in [-0.3, -0.25) is 4.79 Å². The molecule has 2 aromatic carbocycles. The first kappa shape index (κ1) is 17.8. The van der Waals surface area contributed by atoms with E-state index in [4.69, 9.17) is 9.47 Å². The summed E-state index contributed by atoms with van der Waals surface area (Å²) in [5.74, 6) is 1.59. The summed E-state index contributed by atoms with van der Waals surface area (Å²) in [5, 5.41) is 2.82. The van der Waals surface area contributed by atoms with Crippen molar-refractivity contribution in [1.29, 1.82) is 0 Å². The number of hydrogen-bond donors (Lipinski definition) is 1. The van der Waals surface area contributed by atoms with Crippen LogP contribution in [0.15, 0.2) is 60.9 Å². The van der Waals surface area contributed by atoms with E-state index in [0.29, 0.717) is 35.2 Å². The summed E-state index contributed by atoms with van der Waals surface area (Å²) in [6.07, 6.45) is 3.08. The molecule has 0 aliphatic carbocycles. The molecule has 2 heterocycles. The SMILES string of the molecule is CCN(Cc1ccccc1)c1ncc(C(=O)Nc2ccc3c(c2)OCO3)cn1. The molecule has 1 aliphatic rings. The van der Waals surface area contributed by atoms with Crippen LogP contribution in [0.25, 0.3) is 0 Å². The molecule has 1 N–H and O–H groups in total. The number of amides is 1. The van der Waals surface area contributed by atoms with Gasteiger partial charge in [0, 0.05) is 37.2 Å². The molecule has 0 atom stereocenters. The largest absolute Gasteiger partial charge is 0.454 e. The molecule has 3 aromatic rings. The Morgan fingerprint density at radius 1 is 1.07 bits per heavy atom. The summed E-state index contributed by atoms with van der Waals surface area (Å²) in [5.41, 5.74) is 2.19. The van der Waals surface area contributed by atoms with Crippen molar-refractivity contribution in [2.24, 2.45) is 0 Å². The Balaban J connectivity index is 1.44. The molecule has 0 bridgehead atoms. The van der Waals surface area contributed by atoms with E-state index >= 15 is 0 Å². The molecule has 4 rings (SSSR count). The highest BCUT2D eigenvalue weighted by molar-refractivity contribution is 6.04. The summed E-state index contributed by atoms with van der Waals surface area (Å²) in [6.45, 7) is 3.71. The number of rotatable bonds is 6. The summed E-state index contributed by atoms with van der Waals surface area (Å²) < 4.78 is 10.6. The van der Waals surface area contributed by atoms with Gasteiger partial charge in [-0.1, -0.05) is 30.3 Å². The number of anilines is 2. The second kappa shape index (κ2) is 7.96. The number of nitrogens with one attached hydrogen (secondary N) is 1. The van der Waals surface area contributed by atoms with E-state index in [1.54, 1.807) is 18.2 Å². The Morgan fingerprint density at radius 2 is 1.82 bits per heavy atom. The Kier molecular flexibility index (Phi) is 5.05. The van der Waals surface area contributed by atoms with Gasteiger partial charge in [0.25, 0.3) is 5.91 Å². The lowest BCUT2D eigenvalue weighted by Gasteiger charge is -2.20.